The molecular formula is C12H19ClN2O2. The minimum absolute atomic E-state index is 0.108. The number of hydrogen-bond acceptors (Lipinski definition) is 4. The molecule has 96 valence electrons. The number of nitrogens with zero attached hydrogens (tertiary/aromatic N) is 2. The van der Waals surface area contributed by atoms with E-state index in [0.717, 1.165) is 6.42 Å². The number of hydrogen-bond donors (Lipinski definition) is 0. The maximum Gasteiger partial charge on any atom is 0.218 e. The maximum absolute atomic E-state index is 5.89. The fourth-order valence-electron chi connectivity index (χ4n) is 1.61. The molecule has 1 aromatic heterocycles. The third-order valence-corrected chi connectivity index (χ3v) is 2.31. The minimum Gasteiger partial charge on any atom is -0.475 e. The van der Waals surface area contributed by atoms with Gasteiger partial charge in [-0.25, -0.2) is 4.98 Å². The Morgan fingerprint density at radius 3 is 2.59 bits per heavy atom. The van der Waals surface area contributed by atoms with Crippen molar-refractivity contribution in [2.24, 2.45) is 5.92 Å². The molecule has 0 bridgehead atoms. The van der Waals surface area contributed by atoms with E-state index in [1.807, 2.05) is 6.92 Å². The van der Waals surface area contributed by atoms with Crippen LogP contribution in [0.15, 0.2) is 6.07 Å². The van der Waals surface area contributed by atoms with Gasteiger partial charge >= 0.3 is 0 Å². The summed E-state index contributed by atoms with van der Waals surface area (Å²) in [5, 5.41) is 0.374. The molecule has 0 amide bonds. The monoisotopic (exact) mass is 258 g/mol. The highest BCUT2D eigenvalue weighted by Crippen LogP contribution is 2.17. The Kier molecular flexibility index (Phi) is 5.65. The van der Waals surface area contributed by atoms with E-state index in [9.17, 15) is 0 Å². The molecule has 1 unspecified atom stereocenters. The summed E-state index contributed by atoms with van der Waals surface area (Å²) in [7, 11) is 1.59. The zero-order valence-corrected chi connectivity index (χ0v) is 11.5. The molecule has 5 heteroatoms. The minimum atomic E-state index is 0.108. The van der Waals surface area contributed by atoms with Gasteiger partial charge in [0.05, 0.1) is 6.10 Å². The molecule has 0 spiro atoms. The maximum atomic E-state index is 5.89. The van der Waals surface area contributed by atoms with Crippen molar-refractivity contribution in [3.8, 4) is 5.88 Å². The lowest BCUT2D eigenvalue weighted by Gasteiger charge is -2.16. The van der Waals surface area contributed by atoms with Gasteiger partial charge in [0.1, 0.15) is 11.8 Å². The van der Waals surface area contributed by atoms with Gasteiger partial charge in [-0.2, -0.15) is 4.98 Å². The second-order valence-corrected chi connectivity index (χ2v) is 4.82. The molecule has 0 radical (unpaired) electrons. The SMILES string of the molecule is COCc1nc(Cl)cc(OC(C)CC(C)C)n1. The molecule has 17 heavy (non-hydrogen) atoms. The zero-order valence-electron chi connectivity index (χ0n) is 10.7. The summed E-state index contributed by atoms with van der Waals surface area (Å²) < 4.78 is 10.7. The van der Waals surface area contributed by atoms with Gasteiger partial charge in [-0.05, 0) is 19.3 Å². The molecule has 0 saturated carbocycles. The number of methoxy groups -OCH3 is 1. The van der Waals surface area contributed by atoms with Gasteiger partial charge in [-0.15, -0.1) is 0 Å². The lowest BCUT2D eigenvalue weighted by molar-refractivity contribution is 0.168. The predicted octanol–water partition coefficient (Wildman–Crippen LogP) is 3.09. The summed E-state index contributed by atoms with van der Waals surface area (Å²) in [6.07, 6.45) is 1.08. The summed E-state index contributed by atoms with van der Waals surface area (Å²) in [5.74, 6) is 1.62. The van der Waals surface area contributed by atoms with E-state index in [-0.39, 0.29) is 6.10 Å². The first-order valence-electron chi connectivity index (χ1n) is 5.70. The second kappa shape index (κ2) is 6.77. The van der Waals surface area contributed by atoms with Crippen LogP contribution in [0.2, 0.25) is 5.15 Å². The Hall–Kier alpha value is -0.870. The Labute approximate surface area is 107 Å². The Balaban J connectivity index is 2.69. The molecule has 0 aliphatic rings. The van der Waals surface area contributed by atoms with Crippen molar-refractivity contribution < 1.29 is 9.47 Å². The predicted molar refractivity (Wildman–Crippen MR) is 67.3 cm³/mol. The summed E-state index contributed by atoms with van der Waals surface area (Å²) in [5.41, 5.74) is 0. The highest BCUT2D eigenvalue weighted by molar-refractivity contribution is 6.29. The van der Waals surface area contributed by atoms with Crippen LogP contribution >= 0.6 is 11.6 Å². The van der Waals surface area contributed by atoms with Gasteiger partial charge in [0.15, 0.2) is 5.82 Å². The number of halogens is 1. The van der Waals surface area contributed by atoms with E-state index in [1.165, 1.54) is 0 Å². The van der Waals surface area contributed by atoms with Crippen LogP contribution in [0.1, 0.15) is 33.0 Å². The van der Waals surface area contributed by atoms with Crippen molar-refractivity contribution in [2.75, 3.05) is 7.11 Å². The van der Waals surface area contributed by atoms with Crippen LogP contribution < -0.4 is 4.74 Å². The fourth-order valence-corrected chi connectivity index (χ4v) is 1.80. The van der Waals surface area contributed by atoms with E-state index in [0.29, 0.717) is 29.4 Å². The molecule has 1 atom stereocenters. The molecule has 0 aliphatic carbocycles. The van der Waals surface area contributed by atoms with E-state index < -0.39 is 0 Å². The largest absolute Gasteiger partial charge is 0.475 e. The number of aromatic nitrogens is 2. The quantitative estimate of drug-likeness (QED) is 0.736. The summed E-state index contributed by atoms with van der Waals surface area (Å²) in [4.78, 5) is 8.27. The van der Waals surface area contributed by atoms with Crippen molar-refractivity contribution in [3.63, 3.8) is 0 Å². The van der Waals surface area contributed by atoms with Crippen LogP contribution in [0, 0.1) is 5.92 Å². The lowest BCUT2D eigenvalue weighted by atomic mass is 10.1. The first-order chi connectivity index (χ1) is 8.01. The van der Waals surface area contributed by atoms with Gasteiger partial charge < -0.3 is 9.47 Å². The van der Waals surface area contributed by atoms with Gasteiger partial charge in [-0.3, -0.25) is 0 Å². The summed E-state index contributed by atoms with van der Waals surface area (Å²) in [6.45, 7) is 6.66. The molecular weight excluding hydrogens is 240 g/mol. The van der Waals surface area contributed by atoms with Crippen molar-refractivity contribution >= 4 is 11.6 Å². The molecule has 1 rings (SSSR count). The second-order valence-electron chi connectivity index (χ2n) is 4.44. The molecule has 0 N–H and O–H groups in total. The fraction of sp³-hybridized carbons (Fsp3) is 0.667. The van der Waals surface area contributed by atoms with Crippen LogP contribution in [0.5, 0.6) is 5.88 Å². The summed E-state index contributed by atoms with van der Waals surface area (Å²) in [6, 6.07) is 1.62. The standard InChI is InChI=1S/C12H19ClN2O2/c1-8(2)5-9(3)17-12-6-10(13)14-11(15-12)7-16-4/h6,8-9H,5,7H2,1-4H3. The molecule has 0 fully saturated rings. The molecule has 1 heterocycles. The number of ether oxygens (including phenoxy) is 2. The first-order valence-corrected chi connectivity index (χ1v) is 6.08. The van der Waals surface area contributed by atoms with Crippen molar-refractivity contribution in [1.82, 2.24) is 9.97 Å². The van der Waals surface area contributed by atoms with Crippen molar-refractivity contribution in [3.05, 3.63) is 17.0 Å². The third kappa shape index (κ3) is 5.33. The van der Waals surface area contributed by atoms with Crippen LogP contribution in [-0.2, 0) is 11.3 Å². The van der Waals surface area contributed by atoms with E-state index in [2.05, 4.69) is 23.8 Å². The van der Waals surface area contributed by atoms with Gasteiger partial charge in [0, 0.05) is 13.2 Å². The van der Waals surface area contributed by atoms with Crippen molar-refractivity contribution in [2.45, 2.75) is 39.9 Å². The van der Waals surface area contributed by atoms with Gasteiger partial charge in [0.2, 0.25) is 5.88 Å². The highest BCUT2D eigenvalue weighted by Gasteiger charge is 2.10. The Morgan fingerprint density at radius 2 is 2.00 bits per heavy atom. The van der Waals surface area contributed by atoms with E-state index in [1.54, 1.807) is 13.2 Å². The molecule has 0 aromatic carbocycles. The highest BCUT2D eigenvalue weighted by atomic mass is 35.5. The lowest BCUT2D eigenvalue weighted by Crippen LogP contribution is -2.15. The van der Waals surface area contributed by atoms with E-state index >= 15 is 0 Å². The normalized spacial score (nSPS) is 12.8. The number of rotatable bonds is 6. The van der Waals surface area contributed by atoms with Gasteiger partial charge in [0.25, 0.3) is 0 Å². The average Bonchev–Trinajstić information content (AvgIpc) is 2.14. The topological polar surface area (TPSA) is 44.2 Å². The molecule has 4 nitrogen and oxygen atoms in total. The van der Waals surface area contributed by atoms with Crippen LogP contribution in [0.4, 0.5) is 0 Å². The first kappa shape index (κ1) is 14.2. The Morgan fingerprint density at radius 1 is 1.29 bits per heavy atom. The smallest absolute Gasteiger partial charge is 0.218 e. The molecule has 0 aliphatic heterocycles. The van der Waals surface area contributed by atoms with Crippen LogP contribution in [-0.4, -0.2) is 23.2 Å². The zero-order chi connectivity index (χ0) is 12.8. The van der Waals surface area contributed by atoms with Crippen LogP contribution in [0.25, 0.3) is 0 Å². The molecule has 1 aromatic rings. The third-order valence-electron chi connectivity index (χ3n) is 2.12. The van der Waals surface area contributed by atoms with Crippen molar-refractivity contribution in [1.29, 1.82) is 0 Å². The average molecular weight is 259 g/mol. The summed E-state index contributed by atoms with van der Waals surface area (Å²) >= 11 is 5.89. The Bertz CT molecular complexity index is 358. The molecule has 0 saturated heterocycles. The van der Waals surface area contributed by atoms with Crippen LogP contribution in [0.3, 0.4) is 0 Å². The van der Waals surface area contributed by atoms with E-state index in [4.69, 9.17) is 21.1 Å². The van der Waals surface area contributed by atoms with Gasteiger partial charge in [-0.1, -0.05) is 25.4 Å².